The molecule has 0 aliphatic carbocycles. The molecular weight excluding hydrogens is 285 g/mol. The van der Waals surface area contributed by atoms with Crippen molar-refractivity contribution in [3.05, 3.63) is 55.7 Å². The van der Waals surface area contributed by atoms with Gasteiger partial charge in [0.15, 0.2) is 0 Å². The highest BCUT2D eigenvalue weighted by atomic mass is 35.5. The molecule has 96 valence electrons. The lowest BCUT2D eigenvalue weighted by Crippen LogP contribution is -2.16. The van der Waals surface area contributed by atoms with Gasteiger partial charge in [-0.3, -0.25) is 0 Å². The number of aryl methyl sites for hydroxylation is 1. The Hall–Kier alpha value is -0.540. The van der Waals surface area contributed by atoms with E-state index in [0.29, 0.717) is 5.02 Å². The molecule has 0 fully saturated rings. The van der Waals surface area contributed by atoms with E-state index >= 15 is 0 Å². The highest BCUT2D eigenvalue weighted by molar-refractivity contribution is 7.12. The van der Waals surface area contributed by atoms with E-state index < -0.39 is 0 Å². The first-order valence-corrected chi connectivity index (χ1v) is 7.43. The minimum atomic E-state index is 0.0986. The van der Waals surface area contributed by atoms with Crippen molar-refractivity contribution in [2.24, 2.45) is 0 Å². The zero-order chi connectivity index (χ0) is 13.1. The van der Waals surface area contributed by atoms with Gasteiger partial charge >= 0.3 is 0 Å². The average Bonchev–Trinajstić information content (AvgIpc) is 2.83. The van der Waals surface area contributed by atoms with Gasteiger partial charge in [-0.2, -0.15) is 0 Å². The summed E-state index contributed by atoms with van der Waals surface area (Å²) < 4.78 is 0. The van der Waals surface area contributed by atoms with Crippen LogP contribution in [-0.4, -0.2) is 7.05 Å². The second kappa shape index (κ2) is 6.07. The zero-order valence-corrected chi connectivity index (χ0v) is 12.7. The molecule has 1 aromatic carbocycles. The Balaban J connectivity index is 2.41. The predicted octanol–water partition coefficient (Wildman–Crippen LogP) is 4.93. The number of thiophene rings is 1. The molecule has 1 aromatic heterocycles. The van der Waals surface area contributed by atoms with Crippen molar-refractivity contribution in [2.75, 3.05) is 7.05 Å². The smallest absolute Gasteiger partial charge is 0.0683 e. The number of rotatable bonds is 4. The summed E-state index contributed by atoms with van der Waals surface area (Å²) in [6.07, 6.45) is 1.06. The van der Waals surface area contributed by atoms with Crippen LogP contribution >= 0.6 is 34.5 Å². The molecule has 0 saturated carbocycles. The van der Waals surface area contributed by atoms with Crippen LogP contribution < -0.4 is 5.32 Å². The number of benzene rings is 1. The van der Waals surface area contributed by atoms with Gasteiger partial charge in [0.05, 0.1) is 6.04 Å². The Labute approximate surface area is 122 Å². The highest BCUT2D eigenvalue weighted by Gasteiger charge is 2.17. The first-order valence-electron chi connectivity index (χ1n) is 5.86. The number of nitrogens with one attached hydrogen (secondary N) is 1. The van der Waals surface area contributed by atoms with E-state index in [9.17, 15) is 0 Å². The van der Waals surface area contributed by atoms with E-state index in [1.807, 2.05) is 36.6 Å². The van der Waals surface area contributed by atoms with Gasteiger partial charge in [-0.15, -0.1) is 11.3 Å². The number of halogens is 2. The fourth-order valence-electron chi connectivity index (χ4n) is 1.93. The molecule has 1 unspecified atom stereocenters. The predicted molar refractivity (Wildman–Crippen MR) is 81.1 cm³/mol. The normalized spacial score (nSPS) is 12.7. The average molecular weight is 300 g/mol. The van der Waals surface area contributed by atoms with Crippen LogP contribution in [0.25, 0.3) is 0 Å². The van der Waals surface area contributed by atoms with E-state index in [1.54, 1.807) is 0 Å². The fraction of sp³-hybridized carbons (Fsp3) is 0.286. The summed E-state index contributed by atoms with van der Waals surface area (Å²) in [6.45, 7) is 2.16. The van der Waals surface area contributed by atoms with Crippen LogP contribution in [0.2, 0.25) is 10.0 Å². The van der Waals surface area contributed by atoms with Gasteiger partial charge < -0.3 is 5.32 Å². The molecule has 18 heavy (non-hydrogen) atoms. The third-order valence-electron chi connectivity index (χ3n) is 2.87. The van der Waals surface area contributed by atoms with Crippen LogP contribution in [0.3, 0.4) is 0 Å². The maximum absolute atomic E-state index is 6.27. The fourth-order valence-corrected chi connectivity index (χ4v) is 3.42. The molecule has 1 atom stereocenters. The van der Waals surface area contributed by atoms with Crippen molar-refractivity contribution < 1.29 is 0 Å². The molecule has 0 saturated heterocycles. The summed E-state index contributed by atoms with van der Waals surface area (Å²) in [5.41, 5.74) is 1.02. The van der Waals surface area contributed by atoms with Crippen LogP contribution in [0.1, 0.15) is 28.3 Å². The van der Waals surface area contributed by atoms with E-state index in [0.717, 1.165) is 17.0 Å². The second-order valence-corrected chi connectivity index (χ2v) is 6.09. The summed E-state index contributed by atoms with van der Waals surface area (Å²) in [5, 5.41) is 4.76. The van der Waals surface area contributed by atoms with Crippen molar-refractivity contribution in [1.82, 2.24) is 5.32 Å². The molecule has 0 bridgehead atoms. The maximum atomic E-state index is 6.27. The largest absolute Gasteiger partial charge is 0.309 e. The Morgan fingerprint density at radius 1 is 1.22 bits per heavy atom. The molecule has 1 N–H and O–H groups in total. The molecular formula is C14H15Cl2NS. The molecule has 2 rings (SSSR count). The monoisotopic (exact) mass is 299 g/mol. The molecule has 0 aliphatic heterocycles. The van der Waals surface area contributed by atoms with Crippen molar-refractivity contribution in [1.29, 1.82) is 0 Å². The van der Waals surface area contributed by atoms with E-state index in [1.165, 1.54) is 9.75 Å². The standard InChI is InChI=1S/C14H15Cl2NS/c1-3-10-5-7-13(18-10)14(17-2)11-8-9(15)4-6-12(11)16/h4-8,14,17H,3H2,1-2H3. The molecule has 1 heterocycles. The molecule has 2 aromatic rings. The molecule has 0 spiro atoms. The Kier molecular flexibility index (Phi) is 4.68. The maximum Gasteiger partial charge on any atom is 0.0683 e. The lowest BCUT2D eigenvalue weighted by Gasteiger charge is -2.17. The van der Waals surface area contributed by atoms with Gasteiger partial charge in [0.1, 0.15) is 0 Å². The third kappa shape index (κ3) is 2.89. The molecule has 0 amide bonds. The quantitative estimate of drug-likeness (QED) is 0.844. The van der Waals surface area contributed by atoms with Gasteiger partial charge in [0.2, 0.25) is 0 Å². The molecule has 0 aliphatic rings. The van der Waals surface area contributed by atoms with Crippen molar-refractivity contribution >= 4 is 34.5 Å². The second-order valence-electron chi connectivity index (χ2n) is 4.05. The van der Waals surface area contributed by atoms with Crippen molar-refractivity contribution in [3.63, 3.8) is 0 Å². The first-order chi connectivity index (χ1) is 8.65. The van der Waals surface area contributed by atoms with Crippen LogP contribution in [0.4, 0.5) is 0 Å². The summed E-state index contributed by atoms with van der Waals surface area (Å²) in [7, 11) is 1.94. The minimum absolute atomic E-state index is 0.0986. The zero-order valence-electron chi connectivity index (χ0n) is 10.3. The van der Waals surface area contributed by atoms with Gasteiger partial charge in [-0.25, -0.2) is 0 Å². The van der Waals surface area contributed by atoms with Crippen LogP contribution in [-0.2, 0) is 6.42 Å². The summed E-state index contributed by atoms with van der Waals surface area (Å²) in [6, 6.07) is 10.0. The first kappa shape index (κ1) is 13.9. The third-order valence-corrected chi connectivity index (χ3v) is 4.75. The van der Waals surface area contributed by atoms with Gasteiger partial charge in [-0.05, 0) is 49.4 Å². The van der Waals surface area contributed by atoms with Crippen molar-refractivity contribution in [2.45, 2.75) is 19.4 Å². The Morgan fingerprint density at radius 2 is 2.00 bits per heavy atom. The minimum Gasteiger partial charge on any atom is -0.309 e. The summed E-state index contributed by atoms with van der Waals surface area (Å²) in [5.74, 6) is 0. The van der Waals surface area contributed by atoms with E-state index in [-0.39, 0.29) is 6.04 Å². The van der Waals surface area contributed by atoms with Crippen LogP contribution in [0.15, 0.2) is 30.3 Å². The van der Waals surface area contributed by atoms with E-state index in [2.05, 4.69) is 24.4 Å². The van der Waals surface area contributed by atoms with Gasteiger partial charge in [-0.1, -0.05) is 30.1 Å². The summed E-state index contributed by atoms with van der Waals surface area (Å²) >= 11 is 14.1. The molecule has 1 nitrogen and oxygen atoms in total. The molecule has 0 radical (unpaired) electrons. The Morgan fingerprint density at radius 3 is 2.61 bits per heavy atom. The lowest BCUT2D eigenvalue weighted by atomic mass is 10.1. The lowest BCUT2D eigenvalue weighted by molar-refractivity contribution is 0.704. The van der Waals surface area contributed by atoms with Gasteiger partial charge in [0, 0.05) is 19.8 Å². The number of hydrogen-bond donors (Lipinski definition) is 1. The van der Waals surface area contributed by atoms with Crippen LogP contribution in [0, 0.1) is 0 Å². The molecule has 4 heteroatoms. The van der Waals surface area contributed by atoms with Crippen molar-refractivity contribution in [3.8, 4) is 0 Å². The van der Waals surface area contributed by atoms with Crippen LogP contribution in [0.5, 0.6) is 0 Å². The van der Waals surface area contributed by atoms with E-state index in [4.69, 9.17) is 23.2 Å². The topological polar surface area (TPSA) is 12.0 Å². The Bertz CT molecular complexity index is 536. The highest BCUT2D eigenvalue weighted by Crippen LogP contribution is 2.33. The summed E-state index contributed by atoms with van der Waals surface area (Å²) in [4.78, 5) is 2.64. The number of hydrogen-bond acceptors (Lipinski definition) is 2. The van der Waals surface area contributed by atoms with Gasteiger partial charge in [0.25, 0.3) is 0 Å². The SMILES string of the molecule is CCc1ccc(C(NC)c2cc(Cl)ccc2Cl)s1.